The molecule has 2 aliphatic rings. The molecule has 2 aromatic carbocycles. The number of methoxy groups -OCH3 is 1. The third-order valence-corrected chi connectivity index (χ3v) is 7.67. The molecule has 0 radical (unpaired) electrons. The summed E-state index contributed by atoms with van der Waals surface area (Å²) < 4.78 is 11.9. The summed E-state index contributed by atoms with van der Waals surface area (Å²) in [5.41, 5.74) is 4.65. The van der Waals surface area contributed by atoms with Gasteiger partial charge in [-0.25, -0.2) is 0 Å². The number of piperazine rings is 1. The van der Waals surface area contributed by atoms with E-state index in [1.807, 2.05) is 32.9 Å². The van der Waals surface area contributed by atoms with Gasteiger partial charge in [0.2, 0.25) is 0 Å². The number of rotatable bonds is 3. The van der Waals surface area contributed by atoms with Gasteiger partial charge in [-0.1, -0.05) is 12.2 Å². The van der Waals surface area contributed by atoms with Crippen LogP contribution in [0.15, 0.2) is 24.3 Å². The van der Waals surface area contributed by atoms with E-state index in [0.29, 0.717) is 5.75 Å². The van der Waals surface area contributed by atoms with E-state index in [1.54, 1.807) is 7.11 Å². The second-order valence-electron chi connectivity index (χ2n) is 8.84. The molecule has 1 saturated heterocycles. The largest absolute Gasteiger partial charge is 0.507 e. The summed E-state index contributed by atoms with van der Waals surface area (Å²) in [4.78, 5) is 5.57. The molecule has 1 unspecified atom stereocenters. The number of phenols is 1. The van der Waals surface area contributed by atoms with Crippen molar-refractivity contribution in [1.82, 2.24) is 4.90 Å². The van der Waals surface area contributed by atoms with Crippen LogP contribution in [0, 0.1) is 20.8 Å². The van der Waals surface area contributed by atoms with E-state index in [-0.39, 0.29) is 0 Å². The highest BCUT2D eigenvalue weighted by atomic mass is 32.1. The first-order chi connectivity index (χ1) is 14.7. The van der Waals surface area contributed by atoms with Gasteiger partial charge in [0, 0.05) is 37.4 Å². The minimum Gasteiger partial charge on any atom is -0.507 e. The lowest BCUT2D eigenvalue weighted by Gasteiger charge is -2.44. The number of hydrogen-bond acceptors (Lipinski definition) is 5. The summed E-state index contributed by atoms with van der Waals surface area (Å²) in [6.07, 6.45) is 1.68. The number of phenolic OH excluding ortho intramolecular Hbond substituents is 1. The minimum absolute atomic E-state index is 0.390. The lowest BCUT2D eigenvalue weighted by Crippen LogP contribution is -2.57. The molecule has 0 saturated carbocycles. The van der Waals surface area contributed by atoms with Crippen LogP contribution in [0.1, 0.15) is 35.6 Å². The van der Waals surface area contributed by atoms with Crippen molar-refractivity contribution in [3.8, 4) is 17.2 Å². The van der Waals surface area contributed by atoms with Crippen LogP contribution in [0.3, 0.4) is 0 Å². The second kappa shape index (κ2) is 8.23. The Morgan fingerprint density at radius 1 is 1.03 bits per heavy atom. The van der Waals surface area contributed by atoms with E-state index >= 15 is 0 Å². The summed E-state index contributed by atoms with van der Waals surface area (Å²) in [7, 11) is 1.69. The van der Waals surface area contributed by atoms with Gasteiger partial charge in [0.05, 0.1) is 7.11 Å². The Morgan fingerprint density at radius 3 is 2.29 bits per heavy atom. The summed E-state index contributed by atoms with van der Waals surface area (Å²) in [6, 6.07) is 8.23. The summed E-state index contributed by atoms with van der Waals surface area (Å²) in [6.45, 7) is 11.7. The van der Waals surface area contributed by atoms with Crippen molar-refractivity contribution < 1.29 is 14.6 Å². The van der Waals surface area contributed by atoms with Crippen LogP contribution in [0.2, 0.25) is 0 Å². The highest BCUT2D eigenvalue weighted by molar-refractivity contribution is 7.80. The van der Waals surface area contributed by atoms with Crippen LogP contribution in [-0.4, -0.2) is 53.9 Å². The maximum atomic E-state index is 10.4. The molecule has 0 bridgehead atoms. The summed E-state index contributed by atoms with van der Waals surface area (Å²) >= 11 is 5.98. The molecule has 2 aromatic rings. The quantitative estimate of drug-likeness (QED) is 0.706. The maximum Gasteiger partial charge on any atom is 0.156 e. The van der Waals surface area contributed by atoms with Gasteiger partial charge in [-0.15, -0.1) is 0 Å². The Hall–Kier alpha value is -2.47. The first-order valence-corrected chi connectivity index (χ1v) is 11.3. The molecule has 1 fully saturated rings. The first-order valence-electron chi connectivity index (χ1n) is 10.9. The van der Waals surface area contributed by atoms with Crippen LogP contribution < -0.4 is 14.4 Å². The fourth-order valence-corrected chi connectivity index (χ4v) is 5.02. The van der Waals surface area contributed by atoms with Gasteiger partial charge in [0.25, 0.3) is 0 Å². The van der Waals surface area contributed by atoms with Gasteiger partial charge in [-0.3, -0.25) is 0 Å². The number of thiocarbonyl (C=S) groups is 1. The zero-order valence-electron chi connectivity index (χ0n) is 19.1. The van der Waals surface area contributed by atoms with Crippen molar-refractivity contribution in [1.29, 1.82) is 0 Å². The lowest BCUT2D eigenvalue weighted by atomic mass is 9.86. The first kappa shape index (κ1) is 21.8. The predicted octanol–water partition coefficient (Wildman–Crippen LogP) is 4.56. The average Bonchev–Trinajstić information content (AvgIpc) is 2.81. The van der Waals surface area contributed by atoms with E-state index in [2.05, 4.69) is 28.9 Å². The number of nitrogens with zero attached hydrogens (tertiary/aromatic N) is 2. The monoisotopic (exact) mass is 440 g/mol. The number of anilines is 1. The zero-order valence-corrected chi connectivity index (χ0v) is 19.9. The van der Waals surface area contributed by atoms with Gasteiger partial charge in [0.1, 0.15) is 22.2 Å². The number of fused-ring (bicyclic) bond motifs is 1. The normalized spacial score (nSPS) is 20.8. The van der Waals surface area contributed by atoms with Crippen LogP contribution in [0.5, 0.6) is 17.2 Å². The Morgan fingerprint density at radius 2 is 1.68 bits per heavy atom. The number of benzene rings is 2. The van der Waals surface area contributed by atoms with Gasteiger partial charge < -0.3 is 24.4 Å². The van der Waals surface area contributed by atoms with Crippen LogP contribution in [0.25, 0.3) is 0 Å². The Bertz CT molecular complexity index is 997. The number of aromatic hydroxyl groups is 1. The van der Waals surface area contributed by atoms with Crippen molar-refractivity contribution in [3.63, 3.8) is 0 Å². The fraction of sp³-hybridized carbons (Fsp3) is 0.480. The van der Waals surface area contributed by atoms with E-state index < -0.39 is 5.60 Å². The predicted molar refractivity (Wildman–Crippen MR) is 129 cm³/mol. The second-order valence-corrected chi connectivity index (χ2v) is 9.23. The maximum absolute atomic E-state index is 10.4. The Kier molecular flexibility index (Phi) is 5.77. The minimum atomic E-state index is -0.509. The van der Waals surface area contributed by atoms with Gasteiger partial charge in [0.15, 0.2) is 5.60 Å². The number of hydrogen-bond donors (Lipinski definition) is 1. The molecule has 4 rings (SSSR count). The highest BCUT2D eigenvalue weighted by Crippen LogP contribution is 2.44. The topological polar surface area (TPSA) is 45.2 Å². The molecule has 1 atom stereocenters. The molecular formula is C25H32N2O3S. The molecule has 1 N–H and O–H groups in total. The average molecular weight is 441 g/mol. The lowest BCUT2D eigenvalue weighted by molar-refractivity contribution is 0.119. The summed E-state index contributed by atoms with van der Waals surface area (Å²) in [5.74, 6) is 2.17. The van der Waals surface area contributed by atoms with Gasteiger partial charge in [-0.2, -0.15) is 0 Å². The molecule has 2 heterocycles. The molecule has 5 nitrogen and oxygen atoms in total. The van der Waals surface area contributed by atoms with Crippen molar-refractivity contribution in [2.75, 3.05) is 38.2 Å². The fourth-order valence-electron chi connectivity index (χ4n) is 4.69. The molecule has 0 aliphatic carbocycles. The molecule has 6 heteroatoms. The van der Waals surface area contributed by atoms with Gasteiger partial charge in [-0.05, 0) is 81.5 Å². The van der Waals surface area contributed by atoms with Crippen LogP contribution in [0.4, 0.5) is 5.69 Å². The third kappa shape index (κ3) is 3.82. The SMILES string of the molecule is COc1ccc(N2CCN(C(=S)C3(C)CCc4c(C)c(O)c(C)c(C)c4O3)CC2)cc1. The highest BCUT2D eigenvalue weighted by Gasteiger charge is 2.40. The molecule has 2 aliphatic heterocycles. The third-order valence-electron chi connectivity index (χ3n) is 6.98. The van der Waals surface area contributed by atoms with Gasteiger partial charge >= 0.3 is 0 Å². The summed E-state index contributed by atoms with van der Waals surface area (Å²) in [5, 5.41) is 10.4. The van der Waals surface area contributed by atoms with Crippen molar-refractivity contribution >= 4 is 22.9 Å². The Labute approximate surface area is 190 Å². The van der Waals surface area contributed by atoms with Crippen molar-refractivity contribution in [2.24, 2.45) is 0 Å². The Balaban J connectivity index is 1.47. The van der Waals surface area contributed by atoms with Crippen LogP contribution in [-0.2, 0) is 6.42 Å². The molecular weight excluding hydrogens is 408 g/mol. The molecule has 0 aromatic heterocycles. The molecule has 31 heavy (non-hydrogen) atoms. The van der Waals surface area contributed by atoms with E-state index in [4.69, 9.17) is 21.7 Å². The van der Waals surface area contributed by atoms with E-state index in [0.717, 1.165) is 77.8 Å². The molecule has 0 amide bonds. The van der Waals surface area contributed by atoms with Crippen molar-refractivity contribution in [2.45, 2.75) is 46.1 Å². The molecule has 0 spiro atoms. The van der Waals surface area contributed by atoms with E-state index in [1.165, 1.54) is 5.69 Å². The number of ether oxygens (including phenoxy) is 2. The standard InChI is InChI=1S/C25H32N2O3S/c1-16-17(2)23-21(18(3)22(16)28)10-11-25(4,30-23)24(31)27-14-12-26(13-15-27)19-6-8-20(29-5)9-7-19/h6-9,28H,10-15H2,1-5H3. The zero-order chi connectivity index (χ0) is 22.3. The van der Waals surface area contributed by atoms with E-state index in [9.17, 15) is 5.11 Å². The molecule has 166 valence electrons. The smallest absolute Gasteiger partial charge is 0.156 e. The van der Waals surface area contributed by atoms with Crippen LogP contribution >= 0.6 is 12.2 Å². The van der Waals surface area contributed by atoms with Crippen molar-refractivity contribution in [3.05, 3.63) is 46.5 Å².